The summed E-state index contributed by atoms with van der Waals surface area (Å²) in [6.45, 7) is -0.596. The van der Waals surface area contributed by atoms with E-state index in [4.69, 9.17) is 15.2 Å². The number of aliphatic hydroxyl groups is 2. The maximum Gasteiger partial charge on any atom is 0.485 e. The molecule has 0 aliphatic heterocycles. The molecule has 0 bridgehead atoms. The SMILES string of the molecule is O[B]OC(CO)CO. The molecule has 0 amide bonds. The van der Waals surface area contributed by atoms with Crippen molar-refractivity contribution in [3.05, 3.63) is 0 Å². The Balaban J connectivity index is 3.07. The van der Waals surface area contributed by atoms with E-state index in [1.807, 2.05) is 0 Å². The van der Waals surface area contributed by atoms with Gasteiger partial charge in [-0.05, 0) is 0 Å². The maximum atomic E-state index is 8.24. The van der Waals surface area contributed by atoms with Gasteiger partial charge in [0.15, 0.2) is 0 Å². The molecule has 5 heteroatoms. The predicted molar refractivity (Wildman–Crippen MR) is 27.0 cm³/mol. The van der Waals surface area contributed by atoms with Crippen LogP contribution in [0.25, 0.3) is 0 Å². The molecule has 0 spiro atoms. The highest BCUT2D eigenvalue weighted by Gasteiger charge is 2.03. The van der Waals surface area contributed by atoms with Crippen LogP contribution in [0, 0.1) is 0 Å². The molecule has 0 aliphatic rings. The summed E-state index contributed by atoms with van der Waals surface area (Å²) in [7, 11) is 0.442. The molecule has 3 N–H and O–H groups in total. The number of hydrogen-bond donors (Lipinski definition) is 3. The standard InChI is InChI=1S/C3H8BO4/c5-1-3(2-6)8-4-7/h3,5-7H,1-2H2. The summed E-state index contributed by atoms with van der Waals surface area (Å²) >= 11 is 0. The van der Waals surface area contributed by atoms with Gasteiger partial charge in [-0.25, -0.2) is 0 Å². The van der Waals surface area contributed by atoms with Crippen LogP contribution in [-0.2, 0) is 4.65 Å². The van der Waals surface area contributed by atoms with Gasteiger partial charge in [0.05, 0.1) is 19.3 Å². The Labute approximate surface area is 48.0 Å². The molecular weight excluding hydrogens is 111 g/mol. The Morgan fingerprint density at radius 1 is 1.38 bits per heavy atom. The Morgan fingerprint density at radius 2 is 1.88 bits per heavy atom. The first-order valence-corrected chi connectivity index (χ1v) is 2.18. The Bertz CT molecular complexity index is 46.5. The summed E-state index contributed by atoms with van der Waals surface area (Å²) < 4.78 is 4.27. The van der Waals surface area contributed by atoms with Gasteiger partial charge >= 0.3 is 7.69 Å². The summed E-state index contributed by atoms with van der Waals surface area (Å²) in [4.78, 5) is 0. The van der Waals surface area contributed by atoms with Gasteiger partial charge in [-0.3, -0.25) is 0 Å². The molecule has 0 aromatic carbocycles. The van der Waals surface area contributed by atoms with Crippen molar-refractivity contribution >= 4 is 7.69 Å². The van der Waals surface area contributed by atoms with Crippen LogP contribution in [0.1, 0.15) is 0 Å². The molecule has 0 saturated carbocycles. The highest BCUT2D eigenvalue weighted by Crippen LogP contribution is 1.83. The van der Waals surface area contributed by atoms with Crippen LogP contribution in [0.4, 0.5) is 0 Å². The van der Waals surface area contributed by atoms with E-state index in [0.29, 0.717) is 7.69 Å². The van der Waals surface area contributed by atoms with Crippen LogP contribution >= 0.6 is 0 Å². The lowest BCUT2D eigenvalue weighted by molar-refractivity contribution is 0.0554. The smallest absolute Gasteiger partial charge is 0.429 e. The molecule has 0 unspecified atom stereocenters. The molecule has 8 heavy (non-hydrogen) atoms. The van der Waals surface area contributed by atoms with Crippen LogP contribution in [0.3, 0.4) is 0 Å². The van der Waals surface area contributed by atoms with Crippen LogP contribution in [0.15, 0.2) is 0 Å². The fourth-order valence-electron chi connectivity index (χ4n) is 0.230. The molecule has 0 heterocycles. The van der Waals surface area contributed by atoms with Crippen molar-refractivity contribution in [2.24, 2.45) is 0 Å². The quantitative estimate of drug-likeness (QED) is 0.370. The van der Waals surface area contributed by atoms with Gasteiger partial charge < -0.3 is 19.9 Å². The minimum absolute atomic E-state index is 0.298. The van der Waals surface area contributed by atoms with Crippen molar-refractivity contribution in [1.29, 1.82) is 0 Å². The van der Waals surface area contributed by atoms with Crippen molar-refractivity contribution in [2.45, 2.75) is 6.10 Å². The summed E-state index contributed by atoms with van der Waals surface area (Å²) in [6.07, 6.45) is -0.694. The van der Waals surface area contributed by atoms with Crippen LogP contribution in [-0.4, -0.2) is 42.2 Å². The lowest BCUT2D eigenvalue weighted by Crippen LogP contribution is -2.23. The van der Waals surface area contributed by atoms with Crippen LogP contribution < -0.4 is 0 Å². The number of hydrogen-bond acceptors (Lipinski definition) is 4. The molecule has 0 fully saturated rings. The second kappa shape index (κ2) is 5.05. The van der Waals surface area contributed by atoms with Gasteiger partial charge in [-0.1, -0.05) is 0 Å². The fourth-order valence-corrected chi connectivity index (χ4v) is 0.230. The van der Waals surface area contributed by atoms with Gasteiger partial charge in [0.2, 0.25) is 0 Å². The van der Waals surface area contributed by atoms with E-state index in [2.05, 4.69) is 4.65 Å². The minimum Gasteiger partial charge on any atom is -0.429 e. The minimum atomic E-state index is -0.694. The number of aliphatic hydroxyl groups excluding tert-OH is 2. The first kappa shape index (κ1) is 7.90. The molecule has 0 rings (SSSR count). The first-order chi connectivity index (χ1) is 3.85. The summed E-state index contributed by atoms with van der Waals surface area (Å²) in [6, 6.07) is 0. The van der Waals surface area contributed by atoms with Gasteiger partial charge in [-0.15, -0.1) is 0 Å². The van der Waals surface area contributed by atoms with Gasteiger partial charge in [0.1, 0.15) is 0 Å². The first-order valence-electron chi connectivity index (χ1n) is 2.18. The van der Waals surface area contributed by atoms with Crippen molar-refractivity contribution in [3.8, 4) is 0 Å². The Morgan fingerprint density at radius 3 is 2.00 bits per heavy atom. The molecule has 0 saturated heterocycles. The average Bonchev–Trinajstić information content (AvgIpc) is 1.83. The normalized spacial score (nSPS) is 10.0. The lowest BCUT2D eigenvalue weighted by Gasteiger charge is -2.07. The zero-order valence-corrected chi connectivity index (χ0v) is 4.32. The van der Waals surface area contributed by atoms with E-state index in [1.54, 1.807) is 0 Å². The third kappa shape index (κ3) is 2.98. The molecular formula is C3H8BO4. The van der Waals surface area contributed by atoms with E-state index in [0.717, 1.165) is 0 Å². The van der Waals surface area contributed by atoms with Crippen molar-refractivity contribution in [1.82, 2.24) is 0 Å². The van der Waals surface area contributed by atoms with E-state index in [-0.39, 0.29) is 13.2 Å². The molecule has 4 nitrogen and oxygen atoms in total. The van der Waals surface area contributed by atoms with Crippen LogP contribution in [0.5, 0.6) is 0 Å². The zero-order valence-electron chi connectivity index (χ0n) is 4.32. The summed E-state index contributed by atoms with van der Waals surface area (Å²) in [5, 5.41) is 24.4. The average molecular weight is 119 g/mol. The summed E-state index contributed by atoms with van der Waals surface area (Å²) in [5.74, 6) is 0. The van der Waals surface area contributed by atoms with E-state index < -0.39 is 6.10 Å². The van der Waals surface area contributed by atoms with Crippen molar-refractivity contribution < 1.29 is 19.9 Å². The van der Waals surface area contributed by atoms with E-state index in [9.17, 15) is 0 Å². The second-order valence-corrected chi connectivity index (χ2v) is 1.23. The molecule has 1 radical (unpaired) electrons. The monoisotopic (exact) mass is 119 g/mol. The van der Waals surface area contributed by atoms with Gasteiger partial charge in [0, 0.05) is 0 Å². The Hall–Kier alpha value is -0.0951. The van der Waals surface area contributed by atoms with Gasteiger partial charge in [-0.2, -0.15) is 0 Å². The maximum absolute atomic E-state index is 8.24. The highest BCUT2D eigenvalue weighted by molar-refractivity contribution is 6.15. The third-order valence-corrected chi connectivity index (χ3v) is 0.661. The zero-order chi connectivity index (χ0) is 6.41. The molecule has 47 valence electrons. The Kier molecular flexibility index (Phi) is 4.99. The molecule has 0 aliphatic carbocycles. The van der Waals surface area contributed by atoms with Crippen LogP contribution in [0.2, 0.25) is 0 Å². The summed E-state index contributed by atoms with van der Waals surface area (Å²) in [5.41, 5.74) is 0. The van der Waals surface area contributed by atoms with E-state index in [1.165, 1.54) is 0 Å². The van der Waals surface area contributed by atoms with Gasteiger partial charge in [0.25, 0.3) is 0 Å². The molecule has 0 atom stereocenters. The lowest BCUT2D eigenvalue weighted by atomic mass is 10.3. The van der Waals surface area contributed by atoms with Crippen molar-refractivity contribution in [3.63, 3.8) is 0 Å². The topological polar surface area (TPSA) is 69.9 Å². The predicted octanol–water partition coefficient (Wildman–Crippen LogP) is -2.12. The largest absolute Gasteiger partial charge is 0.485 e. The third-order valence-electron chi connectivity index (χ3n) is 0.661. The highest BCUT2D eigenvalue weighted by atomic mass is 16.5. The van der Waals surface area contributed by atoms with E-state index >= 15 is 0 Å². The molecule has 0 aromatic heterocycles. The van der Waals surface area contributed by atoms with Crippen molar-refractivity contribution in [2.75, 3.05) is 13.2 Å². The second-order valence-electron chi connectivity index (χ2n) is 1.23. The molecule has 0 aromatic rings. The number of rotatable bonds is 4. The fraction of sp³-hybridized carbons (Fsp3) is 1.00.